The topological polar surface area (TPSA) is 53.4 Å². The molecule has 1 unspecified atom stereocenters. The number of nitrogens with zero attached hydrogens (tertiary/aromatic N) is 2. The van der Waals surface area contributed by atoms with Gasteiger partial charge in [0.05, 0.1) is 11.7 Å². The highest BCUT2D eigenvalue weighted by molar-refractivity contribution is 7.13. The van der Waals surface area contributed by atoms with Gasteiger partial charge in [0.25, 0.3) is 0 Å². The van der Waals surface area contributed by atoms with Gasteiger partial charge in [0.15, 0.2) is 0 Å². The van der Waals surface area contributed by atoms with E-state index in [9.17, 15) is 4.79 Å². The Morgan fingerprint density at radius 3 is 2.28 bits per heavy atom. The van der Waals surface area contributed by atoms with Gasteiger partial charge in [-0.25, -0.2) is 9.78 Å². The number of rotatable bonds is 6. The van der Waals surface area contributed by atoms with Crippen molar-refractivity contribution in [1.29, 1.82) is 0 Å². The number of carboxylic acids is 1. The maximum atomic E-state index is 11.1. The molecule has 0 aromatic carbocycles. The van der Waals surface area contributed by atoms with Gasteiger partial charge in [0.2, 0.25) is 0 Å². The number of hydrogen-bond acceptors (Lipinski definition) is 4. The summed E-state index contributed by atoms with van der Waals surface area (Å²) in [6, 6.07) is 0.205. The van der Waals surface area contributed by atoms with Crippen molar-refractivity contribution in [3.63, 3.8) is 0 Å². The second-order valence-electron chi connectivity index (χ2n) is 4.68. The Labute approximate surface area is 113 Å². The van der Waals surface area contributed by atoms with Crippen molar-refractivity contribution in [2.75, 3.05) is 13.1 Å². The summed E-state index contributed by atoms with van der Waals surface area (Å²) in [7, 11) is 0. The van der Waals surface area contributed by atoms with E-state index in [-0.39, 0.29) is 6.04 Å². The molecule has 0 amide bonds. The van der Waals surface area contributed by atoms with Crippen LogP contribution in [0, 0.1) is 12.8 Å². The number of thiazole rings is 1. The van der Waals surface area contributed by atoms with E-state index in [1.165, 1.54) is 11.3 Å². The Morgan fingerprint density at radius 1 is 1.39 bits per heavy atom. The van der Waals surface area contributed by atoms with Crippen LogP contribution in [0.1, 0.15) is 54.1 Å². The third-order valence-electron chi connectivity index (χ3n) is 3.10. The average molecular weight is 270 g/mol. The van der Waals surface area contributed by atoms with Gasteiger partial charge in [-0.1, -0.05) is 27.7 Å². The molecule has 1 atom stereocenters. The Morgan fingerprint density at radius 2 is 1.94 bits per heavy atom. The molecule has 102 valence electrons. The van der Waals surface area contributed by atoms with Crippen LogP contribution < -0.4 is 0 Å². The van der Waals surface area contributed by atoms with Gasteiger partial charge in [0.1, 0.15) is 9.88 Å². The summed E-state index contributed by atoms with van der Waals surface area (Å²) in [5.74, 6) is -0.463. The van der Waals surface area contributed by atoms with Crippen LogP contribution in [0.4, 0.5) is 0 Å². The number of aromatic nitrogens is 1. The van der Waals surface area contributed by atoms with Crippen molar-refractivity contribution < 1.29 is 9.90 Å². The molecule has 0 aliphatic heterocycles. The highest BCUT2D eigenvalue weighted by Gasteiger charge is 2.26. The molecule has 1 aromatic rings. The van der Waals surface area contributed by atoms with E-state index in [4.69, 9.17) is 5.11 Å². The molecule has 1 aromatic heterocycles. The smallest absolute Gasteiger partial charge is 0.347 e. The lowest BCUT2D eigenvalue weighted by Crippen LogP contribution is -2.31. The predicted octanol–water partition coefficient (Wildman–Crippen LogP) is 3.19. The van der Waals surface area contributed by atoms with Crippen LogP contribution in [0.25, 0.3) is 0 Å². The van der Waals surface area contributed by atoms with Crippen LogP contribution >= 0.6 is 11.3 Å². The molecular formula is C13H22N2O2S. The fourth-order valence-corrected chi connectivity index (χ4v) is 3.44. The van der Waals surface area contributed by atoms with Crippen molar-refractivity contribution in [1.82, 2.24) is 9.88 Å². The lowest BCUT2D eigenvalue weighted by atomic mass is 10.0. The number of aromatic carboxylic acids is 1. The van der Waals surface area contributed by atoms with Crippen LogP contribution in [0.5, 0.6) is 0 Å². The highest BCUT2D eigenvalue weighted by Crippen LogP contribution is 2.32. The van der Waals surface area contributed by atoms with Crippen molar-refractivity contribution in [3.8, 4) is 0 Å². The van der Waals surface area contributed by atoms with Crippen molar-refractivity contribution >= 4 is 17.3 Å². The third kappa shape index (κ3) is 3.09. The minimum absolute atomic E-state index is 0.205. The van der Waals surface area contributed by atoms with Crippen LogP contribution in [0.15, 0.2) is 0 Å². The van der Waals surface area contributed by atoms with Gasteiger partial charge >= 0.3 is 5.97 Å². The molecule has 0 aliphatic carbocycles. The van der Waals surface area contributed by atoms with Gasteiger partial charge in [-0.2, -0.15) is 0 Å². The molecule has 0 fully saturated rings. The highest BCUT2D eigenvalue weighted by atomic mass is 32.1. The zero-order valence-electron chi connectivity index (χ0n) is 11.7. The molecule has 5 heteroatoms. The average Bonchev–Trinajstić information content (AvgIpc) is 2.66. The molecule has 1 rings (SSSR count). The standard InChI is InChI=1S/C13H22N2O2S/c1-6-15(7-2)10(8(3)4)12-14-9(5)11(18-12)13(16)17/h8,10H,6-7H2,1-5H3,(H,16,17). The Kier molecular flexibility index (Phi) is 5.28. The summed E-state index contributed by atoms with van der Waals surface area (Å²) >= 11 is 1.31. The molecule has 1 N–H and O–H groups in total. The van der Waals surface area contributed by atoms with E-state index in [0.717, 1.165) is 18.1 Å². The molecule has 0 saturated heterocycles. The number of aryl methyl sites for hydroxylation is 1. The summed E-state index contributed by atoms with van der Waals surface area (Å²) in [6.07, 6.45) is 0. The largest absolute Gasteiger partial charge is 0.477 e. The fraction of sp³-hybridized carbons (Fsp3) is 0.692. The normalized spacial score (nSPS) is 13.3. The second-order valence-corrected chi connectivity index (χ2v) is 5.71. The molecule has 0 bridgehead atoms. The van der Waals surface area contributed by atoms with Gasteiger partial charge in [-0.3, -0.25) is 4.90 Å². The van der Waals surface area contributed by atoms with Gasteiger partial charge in [0, 0.05) is 0 Å². The van der Waals surface area contributed by atoms with Crippen LogP contribution in [-0.4, -0.2) is 34.0 Å². The second kappa shape index (κ2) is 6.29. The number of carboxylic acid groups (broad SMARTS) is 1. The zero-order chi connectivity index (χ0) is 13.9. The van der Waals surface area contributed by atoms with Crippen LogP contribution in [0.2, 0.25) is 0 Å². The van der Waals surface area contributed by atoms with Crippen molar-refractivity contribution in [2.45, 2.75) is 40.7 Å². The van der Waals surface area contributed by atoms with E-state index in [1.807, 2.05) is 0 Å². The first-order chi connectivity index (χ1) is 8.42. The molecule has 0 saturated carbocycles. The molecular weight excluding hydrogens is 248 g/mol. The van der Waals surface area contributed by atoms with E-state index in [1.54, 1.807) is 6.92 Å². The Balaban J connectivity index is 3.14. The maximum Gasteiger partial charge on any atom is 0.347 e. The first-order valence-corrected chi connectivity index (χ1v) is 7.18. The summed E-state index contributed by atoms with van der Waals surface area (Å²) < 4.78 is 0. The maximum absolute atomic E-state index is 11.1. The molecule has 18 heavy (non-hydrogen) atoms. The molecule has 0 radical (unpaired) electrons. The van der Waals surface area contributed by atoms with Crippen LogP contribution in [0.3, 0.4) is 0 Å². The molecule has 4 nitrogen and oxygen atoms in total. The zero-order valence-corrected chi connectivity index (χ0v) is 12.5. The van der Waals surface area contributed by atoms with Crippen molar-refractivity contribution in [3.05, 3.63) is 15.6 Å². The Hall–Kier alpha value is -0.940. The first-order valence-electron chi connectivity index (χ1n) is 6.36. The third-order valence-corrected chi connectivity index (χ3v) is 4.31. The van der Waals surface area contributed by atoms with E-state index >= 15 is 0 Å². The van der Waals surface area contributed by atoms with Gasteiger partial charge in [-0.05, 0) is 25.9 Å². The van der Waals surface area contributed by atoms with E-state index in [0.29, 0.717) is 16.5 Å². The molecule has 1 heterocycles. The molecule has 0 aliphatic rings. The predicted molar refractivity (Wildman–Crippen MR) is 74.3 cm³/mol. The Bertz CT molecular complexity index is 411. The van der Waals surface area contributed by atoms with Crippen molar-refractivity contribution in [2.24, 2.45) is 5.92 Å². The fourth-order valence-electron chi connectivity index (χ4n) is 2.22. The summed E-state index contributed by atoms with van der Waals surface area (Å²) in [5, 5.41) is 10.0. The number of carbonyl (C=O) groups is 1. The first kappa shape index (κ1) is 15.1. The van der Waals surface area contributed by atoms with Gasteiger partial charge < -0.3 is 5.11 Å². The number of hydrogen-bond donors (Lipinski definition) is 1. The van der Waals surface area contributed by atoms with E-state index < -0.39 is 5.97 Å². The monoisotopic (exact) mass is 270 g/mol. The van der Waals surface area contributed by atoms with Gasteiger partial charge in [-0.15, -0.1) is 11.3 Å². The summed E-state index contributed by atoms with van der Waals surface area (Å²) in [4.78, 5) is 18.3. The summed E-state index contributed by atoms with van der Waals surface area (Å²) in [5.41, 5.74) is 0.625. The van der Waals surface area contributed by atoms with Crippen LogP contribution in [-0.2, 0) is 0 Å². The lowest BCUT2D eigenvalue weighted by Gasteiger charge is -2.31. The van der Waals surface area contributed by atoms with E-state index in [2.05, 4.69) is 37.6 Å². The summed E-state index contributed by atoms with van der Waals surface area (Å²) in [6.45, 7) is 12.2. The SMILES string of the molecule is CCN(CC)C(c1nc(C)c(C(=O)O)s1)C(C)C. The lowest BCUT2D eigenvalue weighted by molar-refractivity contribution is 0.0701. The minimum atomic E-state index is -0.877. The quantitative estimate of drug-likeness (QED) is 0.862. The minimum Gasteiger partial charge on any atom is -0.477 e. The molecule has 0 spiro atoms.